The number of halogens is 10. The minimum atomic E-state index is -4.53. The zero-order valence-electron chi connectivity index (χ0n) is 30.6. The maximum Gasteiger partial charge on any atom is 0.416 e. The standard InChI is InChI=1S/C20H12F5N3O2.C12H9F5N2O.C8H5NO2/c21-17(22)16-11(9-27-18(29)14-3-1-2-4-15(14)19(27)30)10-28(26-16)13-7-5-12(6-8-13)20(23,24)25;13-11(14)10-7(6-20)5-19(18-10)9-3-1-8(2-4-9)12(15,16)17;10-7-5-3-1-2-4-6(5)8(11)9-7/h1-8,10,17H,9H2;1-5,11,20H,6H2;1-4H,(H,9,10,11). The number of aromatic nitrogens is 4. The lowest BCUT2D eigenvalue weighted by molar-refractivity contribution is -0.138. The Morgan fingerprint density at radius 2 is 0.902 bits per heavy atom. The number of alkyl halides is 10. The number of imide groups is 2. The molecule has 61 heavy (non-hydrogen) atoms. The summed E-state index contributed by atoms with van der Waals surface area (Å²) in [5.41, 5.74) is -1.53. The van der Waals surface area contributed by atoms with Crippen molar-refractivity contribution in [2.75, 3.05) is 0 Å². The molecule has 4 aromatic carbocycles. The third-order valence-corrected chi connectivity index (χ3v) is 9.00. The largest absolute Gasteiger partial charge is 0.416 e. The van der Waals surface area contributed by atoms with E-state index < -0.39 is 72.7 Å². The second-order valence-corrected chi connectivity index (χ2v) is 12.9. The van der Waals surface area contributed by atoms with Crippen molar-refractivity contribution in [1.29, 1.82) is 0 Å². The number of nitrogens with one attached hydrogen (secondary N) is 1. The van der Waals surface area contributed by atoms with E-state index in [1.165, 1.54) is 18.3 Å². The predicted molar refractivity (Wildman–Crippen MR) is 192 cm³/mol. The van der Waals surface area contributed by atoms with Gasteiger partial charge in [0.2, 0.25) is 0 Å². The maximum atomic E-state index is 13.5. The van der Waals surface area contributed by atoms with Gasteiger partial charge in [0.05, 0.1) is 57.9 Å². The summed E-state index contributed by atoms with van der Waals surface area (Å²) in [5, 5.41) is 18.5. The quantitative estimate of drug-likeness (QED) is 0.121. The van der Waals surface area contributed by atoms with Crippen LogP contribution < -0.4 is 5.32 Å². The zero-order chi connectivity index (χ0) is 44.4. The Labute approximate surface area is 336 Å². The van der Waals surface area contributed by atoms with Crippen LogP contribution in [0.4, 0.5) is 43.9 Å². The normalized spacial score (nSPS) is 13.5. The van der Waals surface area contributed by atoms with E-state index in [2.05, 4.69) is 15.5 Å². The van der Waals surface area contributed by atoms with Gasteiger partial charge in [-0.3, -0.25) is 29.4 Å². The van der Waals surface area contributed by atoms with E-state index in [4.69, 9.17) is 5.11 Å². The van der Waals surface area contributed by atoms with Gasteiger partial charge in [-0.05, 0) is 72.8 Å². The molecule has 0 spiro atoms. The highest BCUT2D eigenvalue weighted by Gasteiger charge is 2.37. The fourth-order valence-corrected chi connectivity index (χ4v) is 6.00. The molecule has 0 atom stereocenters. The molecular formula is C40H26F10N6O5. The minimum Gasteiger partial charge on any atom is -0.392 e. The van der Waals surface area contributed by atoms with Crippen LogP contribution in [0.25, 0.3) is 11.4 Å². The Kier molecular flexibility index (Phi) is 12.2. The molecule has 2 N–H and O–H groups in total. The molecule has 0 bridgehead atoms. The fourth-order valence-electron chi connectivity index (χ4n) is 6.00. The van der Waals surface area contributed by atoms with Crippen molar-refractivity contribution >= 4 is 23.6 Å². The molecule has 0 aliphatic carbocycles. The van der Waals surface area contributed by atoms with Crippen LogP contribution in [-0.2, 0) is 25.5 Å². The lowest BCUT2D eigenvalue weighted by Crippen LogP contribution is -2.29. The second kappa shape index (κ2) is 17.2. The van der Waals surface area contributed by atoms with E-state index in [-0.39, 0.29) is 45.4 Å². The number of aliphatic hydroxyl groups is 1. The number of benzene rings is 4. The first kappa shape index (κ1) is 43.4. The van der Waals surface area contributed by atoms with E-state index in [9.17, 15) is 63.1 Å². The second-order valence-electron chi connectivity index (χ2n) is 12.9. The lowest BCUT2D eigenvalue weighted by Gasteiger charge is -2.13. The average molecular weight is 861 g/mol. The zero-order valence-corrected chi connectivity index (χ0v) is 30.6. The van der Waals surface area contributed by atoms with Gasteiger partial charge in [0.25, 0.3) is 36.5 Å². The monoisotopic (exact) mass is 860 g/mol. The molecule has 4 heterocycles. The molecule has 316 valence electrons. The number of amides is 4. The molecule has 0 saturated carbocycles. The Bertz CT molecular complexity index is 2530. The van der Waals surface area contributed by atoms with Crippen molar-refractivity contribution in [3.05, 3.63) is 165 Å². The Balaban J connectivity index is 0.000000171. The molecule has 2 aliphatic rings. The van der Waals surface area contributed by atoms with Crippen molar-refractivity contribution in [2.45, 2.75) is 38.4 Å². The smallest absolute Gasteiger partial charge is 0.392 e. The molecule has 2 aromatic heterocycles. The van der Waals surface area contributed by atoms with Gasteiger partial charge < -0.3 is 5.11 Å². The highest BCUT2D eigenvalue weighted by atomic mass is 19.4. The van der Waals surface area contributed by atoms with Crippen LogP contribution in [0.15, 0.2) is 109 Å². The van der Waals surface area contributed by atoms with Crippen LogP contribution >= 0.6 is 0 Å². The summed E-state index contributed by atoms with van der Waals surface area (Å²) < 4.78 is 130. The van der Waals surface area contributed by atoms with E-state index >= 15 is 0 Å². The summed E-state index contributed by atoms with van der Waals surface area (Å²) in [6, 6.07) is 20.5. The molecule has 0 unspecified atom stereocenters. The van der Waals surface area contributed by atoms with Crippen molar-refractivity contribution in [2.24, 2.45) is 0 Å². The number of hydrogen-bond acceptors (Lipinski definition) is 7. The average Bonchev–Trinajstić information content (AvgIpc) is 3.99. The highest BCUT2D eigenvalue weighted by Crippen LogP contribution is 2.33. The summed E-state index contributed by atoms with van der Waals surface area (Å²) in [7, 11) is 0. The molecule has 6 aromatic rings. The van der Waals surface area contributed by atoms with Crippen molar-refractivity contribution in [3.8, 4) is 11.4 Å². The Morgan fingerprint density at radius 3 is 1.25 bits per heavy atom. The molecule has 11 nitrogen and oxygen atoms in total. The number of aliphatic hydroxyl groups excluding tert-OH is 1. The third-order valence-electron chi connectivity index (χ3n) is 9.00. The van der Waals surface area contributed by atoms with Crippen LogP contribution in [-0.4, -0.2) is 53.2 Å². The van der Waals surface area contributed by atoms with E-state index in [1.807, 2.05) is 0 Å². The first-order valence-corrected chi connectivity index (χ1v) is 17.4. The number of carbonyl (C=O) groups excluding carboxylic acids is 4. The third kappa shape index (κ3) is 9.35. The van der Waals surface area contributed by atoms with Gasteiger partial charge in [0, 0.05) is 23.5 Å². The molecule has 0 saturated heterocycles. The molecule has 8 rings (SSSR count). The highest BCUT2D eigenvalue weighted by molar-refractivity contribution is 6.22. The Morgan fingerprint density at radius 1 is 0.541 bits per heavy atom. The van der Waals surface area contributed by atoms with Gasteiger partial charge in [-0.25, -0.2) is 26.9 Å². The summed E-state index contributed by atoms with van der Waals surface area (Å²) in [6.45, 7) is -1.06. The van der Waals surface area contributed by atoms with Crippen LogP contribution in [0.3, 0.4) is 0 Å². The predicted octanol–water partition coefficient (Wildman–Crippen LogP) is 8.52. The summed E-state index contributed by atoms with van der Waals surface area (Å²) in [4.78, 5) is 47.7. The number of hydrogen-bond donors (Lipinski definition) is 2. The first-order valence-electron chi connectivity index (χ1n) is 17.4. The molecule has 2 aliphatic heterocycles. The summed E-state index contributed by atoms with van der Waals surface area (Å²) >= 11 is 0. The van der Waals surface area contributed by atoms with Gasteiger partial charge >= 0.3 is 12.4 Å². The van der Waals surface area contributed by atoms with Gasteiger partial charge in [-0.1, -0.05) is 24.3 Å². The number of fused-ring (bicyclic) bond motifs is 2. The molecule has 0 radical (unpaired) electrons. The SMILES string of the molecule is O=C1NC(=O)c2ccccc21.O=C1c2ccccc2C(=O)N1Cc1cn(-c2ccc(C(F)(F)F)cc2)nc1C(F)F.OCc1cn(-c2ccc(C(F)(F)F)cc2)nc1C(F)F. The number of nitrogens with zero attached hydrogens (tertiary/aromatic N) is 5. The number of rotatable bonds is 7. The minimum absolute atomic E-state index is 0.0695. The van der Waals surface area contributed by atoms with Crippen molar-refractivity contribution in [1.82, 2.24) is 29.8 Å². The first-order chi connectivity index (χ1) is 28.8. The number of carbonyl (C=O) groups is 4. The molecule has 21 heteroatoms. The topological polar surface area (TPSA) is 139 Å². The molecule has 0 fully saturated rings. The summed E-state index contributed by atoms with van der Waals surface area (Å²) in [5.74, 6) is -1.83. The summed E-state index contributed by atoms with van der Waals surface area (Å²) in [6.07, 6.45) is -12.5. The van der Waals surface area contributed by atoms with Crippen LogP contribution in [0.1, 0.15) is 87.9 Å². The van der Waals surface area contributed by atoms with E-state index in [0.717, 1.165) is 69.0 Å². The van der Waals surface area contributed by atoms with Gasteiger partial charge in [0.15, 0.2) is 0 Å². The maximum absolute atomic E-state index is 13.5. The van der Waals surface area contributed by atoms with Crippen molar-refractivity contribution < 1.29 is 68.2 Å². The lowest BCUT2D eigenvalue weighted by atomic mass is 10.1. The van der Waals surface area contributed by atoms with Gasteiger partial charge in [-0.15, -0.1) is 0 Å². The van der Waals surface area contributed by atoms with E-state index in [0.29, 0.717) is 11.1 Å². The molecular weight excluding hydrogens is 834 g/mol. The molecule has 4 amide bonds. The van der Waals surface area contributed by atoms with Crippen molar-refractivity contribution in [3.63, 3.8) is 0 Å². The Hall–Kier alpha value is -7.16. The van der Waals surface area contributed by atoms with Gasteiger partial charge in [-0.2, -0.15) is 36.5 Å². The fraction of sp³-hybridized carbons (Fsp3) is 0.150. The van der Waals surface area contributed by atoms with Crippen LogP contribution in [0.2, 0.25) is 0 Å². The van der Waals surface area contributed by atoms with E-state index in [1.54, 1.807) is 36.4 Å². The van der Waals surface area contributed by atoms with Crippen LogP contribution in [0.5, 0.6) is 0 Å². The van der Waals surface area contributed by atoms with Gasteiger partial charge in [0.1, 0.15) is 11.4 Å². The van der Waals surface area contributed by atoms with Crippen LogP contribution in [0, 0.1) is 0 Å².